The zero-order valence-corrected chi connectivity index (χ0v) is 23.4. The third-order valence-corrected chi connectivity index (χ3v) is 9.51. The molecule has 2 atom stereocenters. The maximum absolute atomic E-state index is 12.0. The number of ether oxygens (including phenoxy) is 1. The molecule has 0 saturated heterocycles. The van der Waals surface area contributed by atoms with Crippen LogP contribution < -0.4 is 4.74 Å². The van der Waals surface area contributed by atoms with Crippen molar-refractivity contribution in [2.45, 2.75) is 44.0 Å². The number of aromatic nitrogens is 3. The number of carboxylic acid groups (broad SMARTS) is 1. The molecule has 2 heterocycles. The van der Waals surface area contributed by atoms with Gasteiger partial charge in [0.1, 0.15) is 16.8 Å². The summed E-state index contributed by atoms with van der Waals surface area (Å²) >= 11 is 0. The second-order valence-electron chi connectivity index (χ2n) is 10.4. The van der Waals surface area contributed by atoms with E-state index in [1.165, 1.54) is 0 Å². The molecular formula is C29H34N4O5S. The number of carbonyl (C=O) groups is 1. The van der Waals surface area contributed by atoms with Crippen molar-refractivity contribution >= 4 is 27.8 Å². The van der Waals surface area contributed by atoms with Gasteiger partial charge in [0.2, 0.25) is 0 Å². The molecule has 1 aromatic heterocycles. The van der Waals surface area contributed by atoms with E-state index in [0.717, 1.165) is 39.8 Å². The maximum Gasteiger partial charge on any atom is 0.304 e. The third-order valence-electron chi connectivity index (χ3n) is 7.52. The van der Waals surface area contributed by atoms with Gasteiger partial charge in [0, 0.05) is 26.1 Å². The lowest BCUT2D eigenvalue weighted by molar-refractivity contribution is -0.137. The number of hydrogen-bond donors (Lipinski definition) is 3. The van der Waals surface area contributed by atoms with E-state index in [9.17, 15) is 19.0 Å². The number of hydrogen-bond acceptors (Lipinski definition) is 7. The zero-order valence-electron chi connectivity index (χ0n) is 22.5. The molecule has 10 heteroatoms. The molecule has 39 heavy (non-hydrogen) atoms. The molecule has 1 aliphatic rings. The van der Waals surface area contributed by atoms with E-state index < -0.39 is 22.7 Å². The number of nitrogens with zero attached hydrogens (tertiary/aromatic N) is 4. The fourth-order valence-electron chi connectivity index (χ4n) is 5.53. The molecular weight excluding hydrogens is 516 g/mol. The number of fused-ring (bicyclic) bond motifs is 2. The van der Waals surface area contributed by atoms with Crippen LogP contribution in [0, 0.1) is 12.8 Å². The first-order valence-corrected chi connectivity index (χ1v) is 14.4. The van der Waals surface area contributed by atoms with Gasteiger partial charge in [-0.1, -0.05) is 48.5 Å². The number of aliphatic carboxylic acids is 1. The summed E-state index contributed by atoms with van der Waals surface area (Å²) in [5.74, 6) is -0.586. The fourth-order valence-corrected chi connectivity index (χ4v) is 7.35. The molecule has 0 aliphatic carbocycles. The highest BCUT2D eigenvalue weighted by Crippen LogP contribution is 2.56. The van der Waals surface area contributed by atoms with Crippen molar-refractivity contribution in [1.29, 1.82) is 0 Å². The van der Waals surface area contributed by atoms with Crippen LogP contribution in [-0.4, -0.2) is 53.1 Å². The van der Waals surface area contributed by atoms with E-state index in [4.69, 9.17) is 4.74 Å². The standard InChI is InChI=1S/C29H34N4O5S/c1-18-11-21-7-5-6-8-27(21)39(36,37)33(16-18)17-23-12-20(10-9-19(23)2)24(15-28(34)35)22-13-25-29(26(14-22)38-4)32(3)31-30-25/h5-10,12-14,18,24,36-37H,11,15-17H2,1-4H3,(H,34,35). The summed E-state index contributed by atoms with van der Waals surface area (Å²) in [4.78, 5) is 12.6. The molecule has 2 unspecified atom stereocenters. The molecule has 5 rings (SSSR count). The van der Waals surface area contributed by atoms with E-state index in [-0.39, 0.29) is 12.3 Å². The SMILES string of the molecule is COc1cc(C(CC(=O)O)c2ccc(C)c(CN3CC(C)Cc4ccccc4S3(O)O)c2)cc2nnn(C)c12. The van der Waals surface area contributed by atoms with E-state index in [1.54, 1.807) is 29.2 Å². The van der Waals surface area contributed by atoms with Crippen LogP contribution in [0.3, 0.4) is 0 Å². The molecule has 0 bridgehead atoms. The van der Waals surface area contributed by atoms with E-state index >= 15 is 0 Å². The van der Waals surface area contributed by atoms with Gasteiger partial charge in [-0.3, -0.25) is 13.9 Å². The molecule has 0 amide bonds. The van der Waals surface area contributed by atoms with Crippen LogP contribution in [0.5, 0.6) is 5.75 Å². The highest BCUT2D eigenvalue weighted by atomic mass is 32.3. The smallest absolute Gasteiger partial charge is 0.304 e. The van der Waals surface area contributed by atoms with Crippen LogP contribution in [0.25, 0.3) is 11.0 Å². The Morgan fingerprint density at radius 3 is 2.67 bits per heavy atom. The second kappa shape index (κ2) is 10.6. The van der Waals surface area contributed by atoms with Gasteiger partial charge in [0.05, 0.1) is 18.4 Å². The van der Waals surface area contributed by atoms with Gasteiger partial charge >= 0.3 is 5.97 Å². The minimum atomic E-state index is -3.20. The predicted molar refractivity (Wildman–Crippen MR) is 151 cm³/mol. The Morgan fingerprint density at radius 1 is 1.15 bits per heavy atom. The summed E-state index contributed by atoms with van der Waals surface area (Å²) < 4.78 is 31.9. The highest BCUT2D eigenvalue weighted by Gasteiger charge is 2.33. The summed E-state index contributed by atoms with van der Waals surface area (Å²) in [5, 5.41) is 18.1. The minimum absolute atomic E-state index is 0.124. The van der Waals surface area contributed by atoms with Gasteiger partial charge in [-0.15, -0.1) is 15.9 Å². The summed E-state index contributed by atoms with van der Waals surface area (Å²) in [5.41, 5.74) is 5.83. The maximum atomic E-state index is 12.0. The molecule has 9 nitrogen and oxygen atoms in total. The summed E-state index contributed by atoms with van der Waals surface area (Å²) in [6.45, 7) is 4.96. The molecule has 206 valence electrons. The van der Waals surface area contributed by atoms with Crippen LogP contribution in [0.1, 0.15) is 47.1 Å². The van der Waals surface area contributed by atoms with Gasteiger partial charge in [-0.2, -0.15) is 4.31 Å². The third kappa shape index (κ3) is 5.25. The van der Waals surface area contributed by atoms with Crippen molar-refractivity contribution in [2.24, 2.45) is 13.0 Å². The van der Waals surface area contributed by atoms with Crippen molar-refractivity contribution in [3.05, 3.63) is 82.4 Å². The van der Waals surface area contributed by atoms with Crippen molar-refractivity contribution in [3.8, 4) is 5.75 Å². The van der Waals surface area contributed by atoms with Crippen molar-refractivity contribution < 1.29 is 23.7 Å². The lowest BCUT2D eigenvalue weighted by Gasteiger charge is -2.43. The zero-order chi connectivity index (χ0) is 27.9. The van der Waals surface area contributed by atoms with Gasteiger partial charge in [-0.05, 0) is 65.3 Å². The van der Waals surface area contributed by atoms with E-state index in [0.29, 0.717) is 29.3 Å². The number of rotatable bonds is 7. The number of carboxylic acids is 1. The lowest BCUT2D eigenvalue weighted by atomic mass is 9.86. The summed E-state index contributed by atoms with van der Waals surface area (Å²) in [6.07, 6.45) is 0.648. The Hall–Kier alpha value is -3.44. The van der Waals surface area contributed by atoms with E-state index in [1.807, 2.05) is 55.5 Å². The molecule has 0 radical (unpaired) electrons. The fraction of sp³-hybridized carbons (Fsp3) is 0.345. The summed E-state index contributed by atoms with van der Waals surface area (Å²) in [7, 11) is 0.155. The normalized spacial score (nSPS) is 18.8. The first kappa shape index (κ1) is 27.1. The Kier molecular flexibility index (Phi) is 7.39. The second-order valence-corrected chi connectivity index (χ2v) is 12.4. The first-order valence-electron chi connectivity index (χ1n) is 12.9. The number of benzene rings is 3. The van der Waals surface area contributed by atoms with Crippen LogP contribution in [0.4, 0.5) is 0 Å². The minimum Gasteiger partial charge on any atom is -0.494 e. The van der Waals surface area contributed by atoms with Crippen LogP contribution in [0.2, 0.25) is 0 Å². The average Bonchev–Trinajstić information content (AvgIpc) is 3.24. The largest absolute Gasteiger partial charge is 0.494 e. The predicted octanol–water partition coefficient (Wildman–Crippen LogP) is 5.61. The Balaban J connectivity index is 1.55. The summed E-state index contributed by atoms with van der Waals surface area (Å²) in [6, 6.07) is 17.2. The monoisotopic (exact) mass is 550 g/mol. The highest BCUT2D eigenvalue weighted by molar-refractivity contribution is 8.22. The van der Waals surface area contributed by atoms with Crippen LogP contribution in [0.15, 0.2) is 59.5 Å². The molecule has 1 aliphatic heterocycles. The Bertz CT molecular complexity index is 1540. The van der Waals surface area contributed by atoms with Gasteiger partial charge in [0.15, 0.2) is 0 Å². The van der Waals surface area contributed by atoms with Crippen molar-refractivity contribution in [1.82, 2.24) is 19.3 Å². The quantitative estimate of drug-likeness (QED) is 0.272. The van der Waals surface area contributed by atoms with E-state index in [2.05, 4.69) is 17.2 Å². The molecule has 0 fully saturated rings. The molecule has 0 saturated carbocycles. The molecule has 4 aromatic rings. The van der Waals surface area contributed by atoms with Crippen molar-refractivity contribution in [3.63, 3.8) is 0 Å². The molecule has 3 N–H and O–H groups in total. The Morgan fingerprint density at radius 2 is 1.92 bits per heavy atom. The lowest BCUT2D eigenvalue weighted by Crippen LogP contribution is -2.30. The van der Waals surface area contributed by atoms with Gasteiger partial charge in [-0.25, -0.2) is 4.68 Å². The number of methoxy groups -OCH3 is 1. The molecule has 0 spiro atoms. The van der Waals surface area contributed by atoms with Crippen LogP contribution in [-0.2, 0) is 24.8 Å². The first-order chi connectivity index (χ1) is 18.6. The number of aryl methyl sites for hydroxylation is 2. The van der Waals surface area contributed by atoms with Crippen molar-refractivity contribution in [2.75, 3.05) is 13.7 Å². The van der Waals surface area contributed by atoms with Gasteiger partial charge < -0.3 is 9.84 Å². The topological polar surface area (TPSA) is 121 Å². The Labute approximate surface area is 229 Å². The van der Waals surface area contributed by atoms with Gasteiger partial charge in [0.25, 0.3) is 0 Å². The molecule has 3 aromatic carbocycles. The van der Waals surface area contributed by atoms with Crippen LogP contribution >= 0.6 is 10.8 Å². The average molecular weight is 551 g/mol.